The van der Waals surface area contributed by atoms with Crippen molar-refractivity contribution in [2.45, 2.75) is 37.5 Å². The number of rotatable bonds is 3. The average molecular weight is 715 g/mol. The summed E-state index contributed by atoms with van der Waals surface area (Å²) < 4.78 is 0. The van der Waals surface area contributed by atoms with Crippen LogP contribution < -0.4 is 0 Å². The van der Waals surface area contributed by atoms with E-state index in [2.05, 4.69) is 170 Å². The molecule has 1 spiro atoms. The van der Waals surface area contributed by atoms with Gasteiger partial charge in [-0.05, 0) is 167 Å². The van der Waals surface area contributed by atoms with Crippen LogP contribution in [0.5, 0.6) is 0 Å². The van der Waals surface area contributed by atoms with Gasteiger partial charge in [0, 0.05) is 5.41 Å². The van der Waals surface area contributed by atoms with Crippen molar-refractivity contribution in [3.63, 3.8) is 0 Å². The first-order valence-corrected chi connectivity index (χ1v) is 20.9. The molecule has 0 atom stereocenters. The quantitative estimate of drug-likeness (QED) is 0.160. The summed E-state index contributed by atoms with van der Waals surface area (Å²) in [7, 11) is 0. The first-order valence-electron chi connectivity index (χ1n) is 20.9. The lowest BCUT2D eigenvalue weighted by atomic mass is 9.43. The fourth-order valence-corrected chi connectivity index (χ4v) is 13.2. The molecule has 5 aliphatic rings. The predicted molar refractivity (Wildman–Crippen MR) is 236 cm³/mol. The molecule has 4 bridgehead atoms. The summed E-state index contributed by atoms with van der Waals surface area (Å²) >= 11 is 0. The van der Waals surface area contributed by atoms with E-state index in [1.807, 2.05) is 0 Å². The van der Waals surface area contributed by atoms with Crippen LogP contribution in [0.2, 0.25) is 0 Å². The van der Waals surface area contributed by atoms with Gasteiger partial charge < -0.3 is 0 Å². The van der Waals surface area contributed by atoms with Gasteiger partial charge in [-0.25, -0.2) is 0 Å². The zero-order valence-electron chi connectivity index (χ0n) is 31.5. The lowest BCUT2D eigenvalue weighted by Gasteiger charge is -2.61. The second kappa shape index (κ2) is 11.5. The minimum absolute atomic E-state index is 0.162. The normalized spacial score (nSPS) is 23.1. The second-order valence-corrected chi connectivity index (χ2v) is 17.6. The Kier molecular flexibility index (Phi) is 6.43. The van der Waals surface area contributed by atoms with Crippen LogP contribution in [0.4, 0.5) is 0 Å². The minimum atomic E-state index is 0.162. The molecule has 0 amide bonds. The van der Waals surface area contributed by atoms with Gasteiger partial charge in [0.2, 0.25) is 0 Å². The molecular weight excluding hydrogens is 673 g/mol. The van der Waals surface area contributed by atoms with Gasteiger partial charge in [0.15, 0.2) is 0 Å². The van der Waals surface area contributed by atoms with Crippen molar-refractivity contribution in [1.82, 2.24) is 0 Å². The van der Waals surface area contributed by atoms with E-state index in [1.165, 1.54) is 120 Å². The third-order valence-corrected chi connectivity index (χ3v) is 15.0. The van der Waals surface area contributed by atoms with Crippen LogP contribution >= 0.6 is 0 Å². The van der Waals surface area contributed by atoms with Gasteiger partial charge in [-0.15, -0.1) is 0 Å². The van der Waals surface area contributed by atoms with E-state index in [9.17, 15) is 0 Å². The molecule has 0 heterocycles. The molecule has 0 aromatic heterocycles. The first kappa shape index (κ1) is 31.2. The Morgan fingerprint density at radius 3 is 1.52 bits per heavy atom. The molecule has 9 aromatic carbocycles. The third-order valence-electron chi connectivity index (χ3n) is 15.0. The van der Waals surface area contributed by atoms with Crippen LogP contribution in [0.3, 0.4) is 0 Å². The maximum absolute atomic E-state index is 2.65. The second-order valence-electron chi connectivity index (χ2n) is 17.6. The zero-order valence-corrected chi connectivity index (χ0v) is 31.5. The fraction of sp³-hybridized carbons (Fsp3) is 0.179. The Balaban J connectivity index is 1.02. The monoisotopic (exact) mass is 714 g/mol. The molecular formula is C56H42. The van der Waals surface area contributed by atoms with Crippen molar-refractivity contribution < 1.29 is 0 Å². The van der Waals surface area contributed by atoms with Crippen LogP contribution in [0, 0.1) is 23.7 Å². The Labute approximate surface area is 328 Å². The van der Waals surface area contributed by atoms with E-state index in [1.54, 1.807) is 11.1 Å². The summed E-state index contributed by atoms with van der Waals surface area (Å²) in [5, 5.41) is 10.4. The maximum atomic E-state index is 2.65. The van der Waals surface area contributed by atoms with Gasteiger partial charge >= 0.3 is 0 Å². The summed E-state index contributed by atoms with van der Waals surface area (Å²) in [4.78, 5) is 0. The molecule has 0 unspecified atom stereocenters. The molecule has 0 aliphatic heterocycles. The Morgan fingerprint density at radius 2 is 0.821 bits per heavy atom. The van der Waals surface area contributed by atoms with Crippen molar-refractivity contribution >= 4 is 43.1 Å². The van der Waals surface area contributed by atoms with Crippen molar-refractivity contribution in [1.29, 1.82) is 0 Å². The topological polar surface area (TPSA) is 0 Å². The number of hydrogen-bond donors (Lipinski definition) is 0. The van der Waals surface area contributed by atoms with Crippen LogP contribution in [0.1, 0.15) is 43.2 Å². The molecule has 56 heavy (non-hydrogen) atoms. The SMILES string of the molecule is c1ccc2c(c1)-c1ccc(-c3ccc(-c4c5ccccc5c(-c5ccc6ccccc6c5)c5ccccc45)c4ccccc34)cc1C21C2CC3CC(C2)CC1C3. The Bertz CT molecular complexity index is 3020. The van der Waals surface area contributed by atoms with E-state index in [-0.39, 0.29) is 5.41 Å². The van der Waals surface area contributed by atoms with Crippen LogP contribution in [0.15, 0.2) is 170 Å². The Hall–Kier alpha value is -5.98. The average Bonchev–Trinajstić information content (AvgIpc) is 3.54. The summed E-state index contributed by atoms with van der Waals surface area (Å²) in [6.45, 7) is 0. The van der Waals surface area contributed by atoms with Crippen molar-refractivity contribution in [2.24, 2.45) is 23.7 Å². The molecule has 5 aliphatic carbocycles. The molecule has 0 radical (unpaired) electrons. The maximum Gasteiger partial charge on any atom is 0.0272 e. The Morgan fingerprint density at radius 1 is 0.321 bits per heavy atom. The zero-order chi connectivity index (χ0) is 36.5. The molecule has 0 nitrogen and oxygen atoms in total. The first-order chi connectivity index (χ1) is 27.7. The minimum Gasteiger partial charge on any atom is -0.0619 e. The van der Waals surface area contributed by atoms with E-state index in [0.717, 1.165) is 23.7 Å². The highest BCUT2D eigenvalue weighted by molar-refractivity contribution is 6.24. The van der Waals surface area contributed by atoms with Gasteiger partial charge in [0.25, 0.3) is 0 Å². The molecule has 4 fully saturated rings. The van der Waals surface area contributed by atoms with E-state index in [0.29, 0.717) is 0 Å². The summed E-state index contributed by atoms with van der Waals surface area (Å²) in [5.41, 5.74) is 14.3. The number of hydrogen-bond acceptors (Lipinski definition) is 0. The van der Waals surface area contributed by atoms with Crippen LogP contribution in [0.25, 0.3) is 87.6 Å². The van der Waals surface area contributed by atoms with E-state index in [4.69, 9.17) is 0 Å². The summed E-state index contributed by atoms with van der Waals surface area (Å²) in [6, 6.07) is 64.9. The van der Waals surface area contributed by atoms with Gasteiger partial charge in [-0.3, -0.25) is 0 Å². The molecule has 266 valence electrons. The van der Waals surface area contributed by atoms with Gasteiger partial charge in [0.1, 0.15) is 0 Å². The molecule has 0 N–H and O–H groups in total. The largest absolute Gasteiger partial charge is 0.0619 e. The van der Waals surface area contributed by atoms with Crippen molar-refractivity contribution in [3.05, 3.63) is 181 Å². The van der Waals surface area contributed by atoms with Crippen molar-refractivity contribution in [2.75, 3.05) is 0 Å². The van der Waals surface area contributed by atoms with Crippen LogP contribution in [-0.2, 0) is 5.41 Å². The highest BCUT2D eigenvalue weighted by Gasteiger charge is 2.61. The summed E-state index contributed by atoms with van der Waals surface area (Å²) in [6.07, 6.45) is 7.11. The van der Waals surface area contributed by atoms with Crippen molar-refractivity contribution in [3.8, 4) is 44.5 Å². The smallest absolute Gasteiger partial charge is 0.0272 e. The van der Waals surface area contributed by atoms with Gasteiger partial charge in [-0.1, -0.05) is 158 Å². The van der Waals surface area contributed by atoms with E-state index < -0.39 is 0 Å². The standard InChI is InChI=1S/C56H42/c1-2-12-37-32-39(22-21-36(37)11-1)54-47-16-5-7-18-49(47)55(50-19-8-6-17-48(50)54)51-26-25-42(43-13-3-4-14-44(43)51)38-23-24-46-45-15-9-10-20-52(45)56(53(46)33-38)40-28-34-27-35(30-40)31-41(56)29-34/h1-26,32-35,40-41H,27-31H2. The predicted octanol–water partition coefficient (Wildman–Crippen LogP) is 15.0. The molecule has 0 saturated heterocycles. The molecule has 4 saturated carbocycles. The van der Waals surface area contributed by atoms with Crippen LogP contribution in [-0.4, -0.2) is 0 Å². The number of fused-ring (bicyclic) bond motifs is 7. The lowest BCUT2D eigenvalue weighted by Crippen LogP contribution is -2.55. The third kappa shape index (κ3) is 4.15. The lowest BCUT2D eigenvalue weighted by molar-refractivity contribution is -0.0399. The highest BCUT2D eigenvalue weighted by atomic mass is 14.6. The van der Waals surface area contributed by atoms with E-state index >= 15 is 0 Å². The number of benzene rings is 9. The highest BCUT2D eigenvalue weighted by Crippen LogP contribution is 2.69. The van der Waals surface area contributed by atoms with Gasteiger partial charge in [0.05, 0.1) is 0 Å². The summed E-state index contributed by atoms with van der Waals surface area (Å²) in [5.74, 6) is 3.39. The molecule has 0 heteroatoms. The molecule has 14 rings (SSSR count). The molecule has 9 aromatic rings. The fourth-order valence-electron chi connectivity index (χ4n) is 13.2. The van der Waals surface area contributed by atoms with Gasteiger partial charge in [-0.2, -0.15) is 0 Å².